The smallest absolute Gasteiger partial charge is 0.314 e. The molecule has 0 N–H and O–H groups in total. The second-order valence-electron chi connectivity index (χ2n) is 3.94. The molecule has 0 aliphatic carbocycles. The lowest BCUT2D eigenvalue weighted by Crippen LogP contribution is -2.38. The maximum Gasteiger partial charge on any atom is 0.314 e. The summed E-state index contributed by atoms with van der Waals surface area (Å²) in [6.45, 7) is 1.95. The second-order valence-corrected chi connectivity index (χ2v) is 3.94. The van der Waals surface area contributed by atoms with Gasteiger partial charge in [-0.15, -0.1) is 0 Å². The predicted octanol–water partition coefficient (Wildman–Crippen LogP) is 1.12. The minimum atomic E-state index is -0.363. The summed E-state index contributed by atoms with van der Waals surface area (Å²) in [4.78, 5) is 11.4. The van der Waals surface area contributed by atoms with E-state index in [1.807, 2.05) is 6.92 Å². The molecular weight excluding hydrogens is 156 g/mol. The number of carbonyl (C=O) groups excluding carboxylic acids is 1. The zero-order valence-electron chi connectivity index (χ0n) is 7.50. The highest BCUT2D eigenvalue weighted by molar-refractivity contribution is 5.77. The van der Waals surface area contributed by atoms with Crippen LogP contribution < -0.4 is 0 Å². The largest absolute Gasteiger partial charge is 0.469 e. The van der Waals surface area contributed by atoms with E-state index < -0.39 is 0 Å². The van der Waals surface area contributed by atoms with Crippen LogP contribution in [-0.2, 0) is 14.3 Å². The molecule has 2 fully saturated rings. The van der Waals surface area contributed by atoms with Gasteiger partial charge in [0.25, 0.3) is 0 Å². The predicted molar refractivity (Wildman–Crippen MR) is 42.6 cm³/mol. The molecule has 2 heterocycles. The van der Waals surface area contributed by atoms with Crippen LogP contribution in [0.1, 0.15) is 26.2 Å². The molecule has 2 rings (SSSR count). The number of rotatable bonds is 1. The fourth-order valence-corrected chi connectivity index (χ4v) is 2.38. The monoisotopic (exact) mass is 170 g/mol. The molecule has 2 aliphatic heterocycles. The molecule has 68 valence electrons. The Hall–Kier alpha value is -0.570. The van der Waals surface area contributed by atoms with Gasteiger partial charge >= 0.3 is 5.97 Å². The van der Waals surface area contributed by atoms with Crippen LogP contribution in [0.3, 0.4) is 0 Å². The lowest BCUT2D eigenvalue weighted by atomic mass is 9.76. The molecule has 0 unspecified atom stereocenters. The number of methoxy groups -OCH3 is 1. The van der Waals surface area contributed by atoms with Crippen molar-refractivity contribution in [3.05, 3.63) is 0 Å². The van der Waals surface area contributed by atoms with Gasteiger partial charge in [0, 0.05) is 0 Å². The average molecular weight is 170 g/mol. The van der Waals surface area contributed by atoms with Crippen LogP contribution in [0.15, 0.2) is 0 Å². The lowest BCUT2D eigenvalue weighted by Gasteiger charge is -2.27. The Morgan fingerprint density at radius 3 is 2.75 bits per heavy atom. The van der Waals surface area contributed by atoms with Crippen molar-refractivity contribution in [2.75, 3.05) is 7.11 Å². The summed E-state index contributed by atoms with van der Waals surface area (Å²) in [5, 5.41) is 0. The lowest BCUT2D eigenvalue weighted by molar-refractivity contribution is -0.154. The third-order valence-electron chi connectivity index (χ3n) is 3.12. The Kier molecular flexibility index (Phi) is 1.65. The molecular formula is C9H14O3. The quantitative estimate of drug-likeness (QED) is 0.553. The van der Waals surface area contributed by atoms with E-state index in [0.29, 0.717) is 6.10 Å². The van der Waals surface area contributed by atoms with E-state index in [1.165, 1.54) is 7.11 Å². The van der Waals surface area contributed by atoms with Crippen LogP contribution in [0.4, 0.5) is 0 Å². The van der Waals surface area contributed by atoms with Gasteiger partial charge < -0.3 is 9.47 Å². The van der Waals surface area contributed by atoms with E-state index >= 15 is 0 Å². The van der Waals surface area contributed by atoms with Crippen molar-refractivity contribution < 1.29 is 14.3 Å². The standard InChI is InChI=1S/C9H14O3/c1-9(8(10)11-2)5-6-3-4-7(9)12-6/h6-7H,3-5H2,1-2H3/t6-,7+,9-/m1/s1. The van der Waals surface area contributed by atoms with Crippen molar-refractivity contribution in [2.45, 2.75) is 38.4 Å². The average Bonchev–Trinajstić information content (AvgIpc) is 2.62. The van der Waals surface area contributed by atoms with E-state index in [1.54, 1.807) is 0 Å². The van der Waals surface area contributed by atoms with Crippen molar-refractivity contribution in [1.29, 1.82) is 0 Å². The van der Waals surface area contributed by atoms with Gasteiger partial charge in [0.05, 0.1) is 24.7 Å². The van der Waals surface area contributed by atoms with Gasteiger partial charge in [-0.3, -0.25) is 4.79 Å². The first kappa shape index (κ1) is 8.05. The molecule has 0 saturated carbocycles. The fourth-order valence-electron chi connectivity index (χ4n) is 2.38. The minimum Gasteiger partial charge on any atom is -0.469 e. The van der Waals surface area contributed by atoms with Gasteiger partial charge in [0.1, 0.15) is 0 Å². The molecule has 3 atom stereocenters. The molecule has 0 spiro atoms. The van der Waals surface area contributed by atoms with Gasteiger partial charge in [-0.2, -0.15) is 0 Å². The molecule has 12 heavy (non-hydrogen) atoms. The first-order valence-corrected chi connectivity index (χ1v) is 4.40. The zero-order valence-corrected chi connectivity index (χ0v) is 7.50. The van der Waals surface area contributed by atoms with Crippen LogP contribution in [0.2, 0.25) is 0 Å². The Labute approximate surface area is 72.0 Å². The maximum absolute atomic E-state index is 11.4. The number of hydrogen-bond donors (Lipinski definition) is 0. The number of esters is 1. The van der Waals surface area contributed by atoms with Crippen molar-refractivity contribution >= 4 is 5.97 Å². The summed E-state index contributed by atoms with van der Waals surface area (Å²) in [7, 11) is 1.44. The summed E-state index contributed by atoms with van der Waals surface area (Å²) in [6.07, 6.45) is 3.37. The number of fused-ring (bicyclic) bond motifs is 2. The van der Waals surface area contributed by atoms with Crippen LogP contribution >= 0.6 is 0 Å². The third-order valence-corrected chi connectivity index (χ3v) is 3.12. The van der Waals surface area contributed by atoms with Gasteiger partial charge in [0.2, 0.25) is 0 Å². The summed E-state index contributed by atoms with van der Waals surface area (Å²) < 4.78 is 10.4. The van der Waals surface area contributed by atoms with Gasteiger partial charge in [-0.05, 0) is 26.2 Å². The van der Waals surface area contributed by atoms with E-state index in [4.69, 9.17) is 9.47 Å². The molecule has 2 saturated heterocycles. The molecule has 0 amide bonds. The van der Waals surface area contributed by atoms with Crippen molar-refractivity contribution in [2.24, 2.45) is 5.41 Å². The van der Waals surface area contributed by atoms with Crippen LogP contribution in [-0.4, -0.2) is 25.3 Å². The SMILES string of the molecule is COC(=O)[C@]1(C)C[C@H]2CC[C@@H]1O2. The van der Waals surface area contributed by atoms with Crippen LogP contribution in [0.25, 0.3) is 0 Å². The highest BCUT2D eigenvalue weighted by Gasteiger charge is 2.54. The van der Waals surface area contributed by atoms with Gasteiger partial charge in [-0.25, -0.2) is 0 Å². The molecule has 2 bridgehead atoms. The molecule has 0 aromatic rings. The van der Waals surface area contributed by atoms with E-state index in [2.05, 4.69) is 0 Å². The molecule has 3 heteroatoms. The van der Waals surface area contributed by atoms with Crippen molar-refractivity contribution in [3.8, 4) is 0 Å². The van der Waals surface area contributed by atoms with E-state index in [9.17, 15) is 4.79 Å². The Morgan fingerprint density at radius 1 is 1.58 bits per heavy atom. The van der Waals surface area contributed by atoms with E-state index in [0.717, 1.165) is 19.3 Å². The Balaban J connectivity index is 2.17. The first-order chi connectivity index (χ1) is 5.66. The third kappa shape index (κ3) is 0.891. The van der Waals surface area contributed by atoms with Crippen LogP contribution in [0.5, 0.6) is 0 Å². The summed E-state index contributed by atoms with van der Waals surface area (Å²) in [5.41, 5.74) is -0.363. The molecule has 3 nitrogen and oxygen atoms in total. The summed E-state index contributed by atoms with van der Waals surface area (Å²) in [5.74, 6) is -0.116. The highest BCUT2D eigenvalue weighted by atomic mass is 16.5. The fraction of sp³-hybridized carbons (Fsp3) is 0.889. The maximum atomic E-state index is 11.4. The summed E-state index contributed by atoms with van der Waals surface area (Å²) >= 11 is 0. The Bertz CT molecular complexity index is 214. The van der Waals surface area contributed by atoms with Crippen molar-refractivity contribution in [3.63, 3.8) is 0 Å². The first-order valence-electron chi connectivity index (χ1n) is 4.40. The van der Waals surface area contributed by atoms with E-state index in [-0.39, 0.29) is 17.5 Å². The Morgan fingerprint density at radius 2 is 2.33 bits per heavy atom. The normalized spacial score (nSPS) is 44.8. The summed E-state index contributed by atoms with van der Waals surface area (Å²) in [6, 6.07) is 0. The number of carbonyl (C=O) groups is 1. The second kappa shape index (κ2) is 2.46. The minimum absolute atomic E-state index is 0.106. The molecule has 0 radical (unpaired) electrons. The van der Waals surface area contributed by atoms with Crippen LogP contribution in [0, 0.1) is 5.41 Å². The van der Waals surface area contributed by atoms with Gasteiger partial charge in [-0.1, -0.05) is 0 Å². The molecule has 0 aromatic carbocycles. The number of hydrogen-bond acceptors (Lipinski definition) is 3. The molecule has 2 aliphatic rings. The zero-order chi connectivity index (χ0) is 8.77. The van der Waals surface area contributed by atoms with Gasteiger partial charge in [0.15, 0.2) is 0 Å². The topological polar surface area (TPSA) is 35.5 Å². The van der Waals surface area contributed by atoms with Crippen molar-refractivity contribution in [1.82, 2.24) is 0 Å². The highest BCUT2D eigenvalue weighted by Crippen LogP contribution is 2.47. The number of ether oxygens (including phenoxy) is 2. The molecule has 0 aromatic heterocycles.